The molecule has 12 unspecified atom stereocenters. The van der Waals surface area contributed by atoms with E-state index in [1.807, 2.05) is 0 Å². The summed E-state index contributed by atoms with van der Waals surface area (Å²) in [7, 11) is 0. The minimum atomic E-state index is -1.79. The number of hydrogen-bond acceptors (Lipinski definition) is 13. The molecule has 0 aromatic rings. The number of aliphatic hydroxyl groups is 8. The summed E-state index contributed by atoms with van der Waals surface area (Å²) in [6.07, 6.45) is 67.0. The smallest absolute Gasteiger partial charge is 0.220 e. The predicted octanol–water partition coefficient (Wildman–Crippen LogP) is 15.3. The number of aliphatic hydroxyl groups excluding tert-OH is 8. The monoisotopic (exact) mass is 1270 g/mol. The van der Waals surface area contributed by atoms with Crippen LogP contribution in [0.15, 0.2) is 97.2 Å². The molecule has 0 aromatic carbocycles. The van der Waals surface area contributed by atoms with Crippen LogP contribution in [-0.2, 0) is 23.7 Å². The van der Waals surface area contributed by atoms with Gasteiger partial charge in [0, 0.05) is 6.42 Å². The highest BCUT2D eigenvalue weighted by Gasteiger charge is 2.51. The third-order valence-electron chi connectivity index (χ3n) is 17.3. The second kappa shape index (κ2) is 59.6. The van der Waals surface area contributed by atoms with Gasteiger partial charge in [0.15, 0.2) is 12.6 Å². The number of unbranched alkanes of at least 4 members (excludes halogenated alkanes) is 30. The molecule has 2 saturated heterocycles. The van der Waals surface area contributed by atoms with Crippen molar-refractivity contribution in [2.24, 2.45) is 0 Å². The van der Waals surface area contributed by atoms with E-state index in [1.165, 1.54) is 148 Å². The number of hydrogen-bond donors (Lipinski definition) is 9. The third kappa shape index (κ3) is 43.0. The van der Waals surface area contributed by atoms with Crippen LogP contribution in [0.5, 0.6) is 0 Å². The van der Waals surface area contributed by atoms with Gasteiger partial charge < -0.3 is 65.1 Å². The van der Waals surface area contributed by atoms with Gasteiger partial charge in [-0.3, -0.25) is 4.79 Å². The van der Waals surface area contributed by atoms with Crippen molar-refractivity contribution in [3.63, 3.8) is 0 Å². The van der Waals surface area contributed by atoms with Crippen molar-refractivity contribution < 1.29 is 64.6 Å². The van der Waals surface area contributed by atoms with Crippen LogP contribution < -0.4 is 5.32 Å². The van der Waals surface area contributed by atoms with Crippen LogP contribution in [0.3, 0.4) is 0 Å². The molecule has 90 heavy (non-hydrogen) atoms. The Balaban J connectivity index is 1.69. The van der Waals surface area contributed by atoms with E-state index in [9.17, 15) is 45.6 Å². The van der Waals surface area contributed by atoms with Crippen LogP contribution in [0.25, 0.3) is 0 Å². The summed E-state index contributed by atoms with van der Waals surface area (Å²) < 4.78 is 22.9. The SMILES string of the molecule is CC/C=C\C/C=C\C/C=C\C/C=C\C/C=C\C/C=C\C/C=C\C/C=C\CCCCCCC(=O)NC(COC1OC(CO)C(OC2OC(CO)C(O)C(O)C2O)C(O)C1O)C(O)CCCCCCCCCCCCCCCCCCCCCCCCCCCCC. The van der Waals surface area contributed by atoms with E-state index >= 15 is 0 Å². The molecule has 14 heteroatoms. The molecule has 520 valence electrons. The Labute approximate surface area is 547 Å². The first-order valence-corrected chi connectivity index (χ1v) is 36.5. The van der Waals surface area contributed by atoms with Gasteiger partial charge in [0.05, 0.1) is 32.0 Å². The maximum Gasteiger partial charge on any atom is 0.220 e. The van der Waals surface area contributed by atoms with Gasteiger partial charge in [-0.2, -0.15) is 0 Å². The van der Waals surface area contributed by atoms with E-state index in [2.05, 4.69) is 116 Å². The first kappa shape index (κ1) is 83.0. The van der Waals surface area contributed by atoms with E-state index in [-0.39, 0.29) is 18.9 Å². The first-order valence-electron chi connectivity index (χ1n) is 36.5. The number of allylic oxidation sites excluding steroid dienone is 16. The summed E-state index contributed by atoms with van der Waals surface area (Å²) in [6, 6.07) is -0.852. The summed E-state index contributed by atoms with van der Waals surface area (Å²) >= 11 is 0. The van der Waals surface area contributed by atoms with Gasteiger partial charge in [-0.15, -0.1) is 0 Å². The lowest BCUT2D eigenvalue weighted by Gasteiger charge is -2.46. The van der Waals surface area contributed by atoms with Crippen molar-refractivity contribution in [3.8, 4) is 0 Å². The lowest BCUT2D eigenvalue weighted by molar-refractivity contribution is -0.359. The maximum absolute atomic E-state index is 13.4. The molecule has 1 amide bonds. The van der Waals surface area contributed by atoms with Gasteiger partial charge in [0.2, 0.25) is 5.91 Å². The van der Waals surface area contributed by atoms with Gasteiger partial charge in [0.25, 0.3) is 0 Å². The van der Waals surface area contributed by atoms with Crippen molar-refractivity contribution in [2.75, 3.05) is 19.8 Å². The lowest BCUT2D eigenvalue weighted by atomic mass is 9.97. The number of ether oxygens (including phenoxy) is 4. The van der Waals surface area contributed by atoms with E-state index in [0.29, 0.717) is 12.8 Å². The molecular formula is C76H133NO13. The van der Waals surface area contributed by atoms with Gasteiger partial charge in [0.1, 0.15) is 48.8 Å². The Morgan fingerprint density at radius 1 is 0.411 bits per heavy atom. The fourth-order valence-corrected chi connectivity index (χ4v) is 11.5. The number of carbonyl (C=O) groups excluding carboxylic acids is 1. The zero-order valence-corrected chi connectivity index (χ0v) is 56.6. The molecule has 0 spiro atoms. The Morgan fingerprint density at radius 3 is 1.18 bits per heavy atom. The summed E-state index contributed by atoms with van der Waals surface area (Å²) in [4.78, 5) is 13.4. The van der Waals surface area contributed by atoms with E-state index in [0.717, 1.165) is 103 Å². The molecule has 0 aromatic heterocycles. The highest BCUT2D eigenvalue weighted by Crippen LogP contribution is 2.30. The molecule has 0 aliphatic carbocycles. The molecule has 0 saturated carbocycles. The van der Waals surface area contributed by atoms with Crippen LogP contribution in [0.2, 0.25) is 0 Å². The number of amides is 1. The Hall–Kier alpha value is -3.09. The molecule has 2 aliphatic heterocycles. The van der Waals surface area contributed by atoms with Crippen LogP contribution in [0.4, 0.5) is 0 Å². The molecule has 2 heterocycles. The average molecular weight is 1270 g/mol. The zero-order chi connectivity index (χ0) is 65.2. The summed E-state index contributed by atoms with van der Waals surface area (Å²) in [5.41, 5.74) is 0. The van der Waals surface area contributed by atoms with Crippen LogP contribution in [0.1, 0.15) is 284 Å². The minimum Gasteiger partial charge on any atom is -0.394 e. The van der Waals surface area contributed by atoms with Crippen LogP contribution in [-0.4, -0.2) is 140 Å². The van der Waals surface area contributed by atoms with Gasteiger partial charge in [-0.25, -0.2) is 0 Å². The number of rotatable bonds is 59. The molecular weight excluding hydrogens is 1130 g/mol. The third-order valence-corrected chi connectivity index (χ3v) is 17.3. The largest absolute Gasteiger partial charge is 0.394 e. The van der Waals surface area contributed by atoms with Gasteiger partial charge >= 0.3 is 0 Å². The molecule has 12 atom stereocenters. The molecule has 2 fully saturated rings. The van der Waals surface area contributed by atoms with Crippen molar-refractivity contribution >= 4 is 5.91 Å². The number of carbonyl (C=O) groups is 1. The van der Waals surface area contributed by atoms with Gasteiger partial charge in [-0.05, 0) is 77.0 Å². The standard InChI is InChI=1S/C76H133NO13/c1-3-5-7-9-11-13-15-17-19-21-23-25-27-29-31-32-34-36-38-40-42-44-46-48-50-52-54-56-58-60-68(81)77-64(63-87-75-73(86)71(84)74(67(62-79)89-75)90-76-72(85)70(83)69(82)66(61-78)88-76)65(80)59-57-55-53-51-49-47-45-43-41-39-37-35-33-30-28-26-24-22-20-18-16-14-12-10-8-6-4-2/h5,7,11,13,17,19,23,25,29,31,34,36,40,42,46,48,64-67,69-76,78-80,82-86H,3-4,6,8-10,12,14-16,18,20-22,24,26-28,30,32-33,35,37-39,41,43-45,47,49-63H2,1-2H3,(H,77,81)/b7-5-,13-11-,19-17-,25-23-,31-29-,36-34-,42-40-,48-46-. The highest BCUT2D eigenvalue weighted by molar-refractivity contribution is 5.76. The Kier molecular flexibility index (Phi) is 55.0. The summed E-state index contributed by atoms with van der Waals surface area (Å²) in [5, 5.41) is 87.7. The van der Waals surface area contributed by atoms with E-state index in [1.54, 1.807) is 0 Å². The number of nitrogens with one attached hydrogen (secondary N) is 1. The predicted molar refractivity (Wildman–Crippen MR) is 369 cm³/mol. The van der Waals surface area contributed by atoms with Gasteiger partial charge in [-0.1, -0.05) is 297 Å². The second-order valence-corrected chi connectivity index (χ2v) is 25.3. The van der Waals surface area contributed by atoms with E-state index in [4.69, 9.17) is 18.9 Å². The summed E-state index contributed by atoms with van der Waals surface area (Å²) in [6.45, 7) is 2.76. The molecule has 9 N–H and O–H groups in total. The van der Waals surface area contributed by atoms with Crippen LogP contribution >= 0.6 is 0 Å². The van der Waals surface area contributed by atoms with Crippen molar-refractivity contribution in [1.29, 1.82) is 0 Å². The van der Waals surface area contributed by atoms with Crippen molar-refractivity contribution in [1.82, 2.24) is 5.32 Å². The molecule has 0 bridgehead atoms. The molecule has 2 aliphatic rings. The molecule has 0 radical (unpaired) electrons. The fraction of sp³-hybridized carbons (Fsp3) is 0.776. The second-order valence-electron chi connectivity index (χ2n) is 25.3. The highest BCUT2D eigenvalue weighted by atomic mass is 16.7. The molecule has 2 rings (SSSR count). The summed E-state index contributed by atoms with van der Waals surface area (Å²) in [5.74, 6) is -0.232. The minimum absolute atomic E-state index is 0.232. The normalized spacial score (nSPS) is 23.5. The topological polar surface area (TPSA) is 228 Å². The first-order chi connectivity index (χ1) is 44.1. The Morgan fingerprint density at radius 2 is 0.767 bits per heavy atom. The molecule has 14 nitrogen and oxygen atoms in total. The van der Waals surface area contributed by atoms with Crippen molar-refractivity contribution in [2.45, 2.75) is 357 Å². The zero-order valence-electron chi connectivity index (χ0n) is 56.6. The Bertz CT molecular complexity index is 1880. The maximum atomic E-state index is 13.4. The van der Waals surface area contributed by atoms with Crippen LogP contribution in [0, 0.1) is 0 Å². The van der Waals surface area contributed by atoms with Crippen molar-refractivity contribution in [3.05, 3.63) is 97.2 Å². The quantitative estimate of drug-likeness (QED) is 0.0204. The fourth-order valence-electron chi connectivity index (χ4n) is 11.5. The lowest BCUT2D eigenvalue weighted by Crippen LogP contribution is -2.65. The van der Waals surface area contributed by atoms with E-state index < -0.39 is 86.8 Å². The average Bonchev–Trinajstić information content (AvgIpc) is 1.26.